The normalized spacial score (nSPS) is 23.3. The van der Waals surface area contributed by atoms with Crippen LogP contribution in [0.15, 0.2) is 42.7 Å². The zero-order valence-electron chi connectivity index (χ0n) is 17.9. The van der Waals surface area contributed by atoms with Gasteiger partial charge in [-0.1, -0.05) is 37.3 Å². The van der Waals surface area contributed by atoms with Gasteiger partial charge >= 0.3 is 0 Å². The van der Waals surface area contributed by atoms with Crippen LogP contribution in [0.2, 0.25) is 0 Å². The molecule has 0 radical (unpaired) electrons. The lowest BCUT2D eigenvalue weighted by Crippen LogP contribution is -2.35. The van der Waals surface area contributed by atoms with Gasteiger partial charge in [-0.05, 0) is 18.4 Å². The number of hydrogen-bond acceptors (Lipinski definition) is 6. The molecule has 2 aromatic heterocycles. The molecule has 0 saturated carbocycles. The van der Waals surface area contributed by atoms with E-state index in [1.165, 1.54) is 5.56 Å². The summed E-state index contributed by atoms with van der Waals surface area (Å²) >= 11 is 0. The van der Waals surface area contributed by atoms with Crippen LogP contribution in [-0.2, 0) is 13.0 Å². The number of fused-ring (bicyclic) bond motifs is 1. The molecule has 1 amide bonds. The lowest BCUT2D eigenvalue weighted by atomic mass is 9.89. The minimum atomic E-state index is 0.0158. The zero-order valence-corrected chi connectivity index (χ0v) is 17.9. The number of H-pyrrole nitrogens is 1. The van der Waals surface area contributed by atoms with Gasteiger partial charge in [0.25, 0.3) is 5.91 Å². The van der Waals surface area contributed by atoms with E-state index >= 15 is 0 Å². The third-order valence-electron chi connectivity index (χ3n) is 6.42. The van der Waals surface area contributed by atoms with E-state index in [4.69, 9.17) is 0 Å². The van der Waals surface area contributed by atoms with Crippen LogP contribution in [-0.4, -0.2) is 60.5 Å². The van der Waals surface area contributed by atoms with Crippen molar-refractivity contribution in [2.24, 2.45) is 11.8 Å². The Kier molecular flexibility index (Phi) is 5.23. The summed E-state index contributed by atoms with van der Waals surface area (Å²) in [6, 6.07) is 10.4. The number of benzene rings is 1. The van der Waals surface area contributed by atoms with Crippen molar-refractivity contribution in [3.05, 3.63) is 71.3 Å². The molecular weight excluding hydrogens is 390 g/mol. The van der Waals surface area contributed by atoms with Crippen molar-refractivity contribution in [2.45, 2.75) is 32.9 Å². The Hall–Kier alpha value is -3.13. The van der Waals surface area contributed by atoms with E-state index in [1.807, 2.05) is 36.9 Å². The highest BCUT2D eigenvalue weighted by atomic mass is 16.2. The number of likely N-dealkylation sites (tertiary alicyclic amines) is 2. The second kappa shape index (κ2) is 8.19. The standard InChI is InChI=1S/C23H27N7O/c1-3-20-24-9-17(10-25-20)23(31)30-12-18-11-29(14-21-26-15(2)27-28-21)13-19(18)22(30)16-7-5-4-6-8-16/h4-10,18-19,22H,3,11-14H2,1-2H3,(H,26,27,28)/t18-,19-,22+/m0/s1. The van der Waals surface area contributed by atoms with Crippen molar-refractivity contribution in [3.8, 4) is 0 Å². The summed E-state index contributed by atoms with van der Waals surface area (Å²) in [6.07, 6.45) is 4.10. The summed E-state index contributed by atoms with van der Waals surface area (Å²) in [7, 11) is 0. The zero-order chi connectivity index (χ0) is 21.4. The maximum absolute atomic E-state index is 13.4. The fraction of sp³-hybridized carbons (Fsp3) is 0.435. The van der Waals surface area contributed by atoms with E-state index in [2.05, 4.69) is 42.2 Å². The number of rotatable bonds is 5. The molecule has 1 aromatic carbocycles. The fourth-order valence-corrected chi connectivity index (χ4v) is 5.03. The number of nitrogens with one attached hydrogen (secondary N) is 1. The Morgan fingerprint density at radius 3 is 2.55 bits per heavy atom. The highest BCUT2D eigenvalue weighted by Gasteiger charge is 2.49. The number of nitrogens with zero attached hydrogens (tertiary/aromatic N) is 6. The van der Waals surface area contributed by atoms with Gasteiger partial charge in [0.05, 0.1) is 18.2 Å². The van der Waals surface area contributed by atoms with Crippen LogP contribution in [0.5, 0.6) is 0 Å². The highest BCUT2D eigenvalue weighted by molar-refractivity contribution is 5.94. The molecule has 31 heavy (non-hydrogen) atoms. The van der Waals surface area contributed by atoms with Crippen molar-refractivity contribution < 1.29 is 4.79 Å². The van der Waals surface area contributed by atoms with E-state index in [1.54, 1.807) is 12.4 Å². The molecule has 2 aliphatic rings. The van der Waals surface area contributed by atoms with Crippen molar-refractivity contribution in [1.82, 2.24) is 34.9 Å². The largest absolute Gasteiger partial charge is 0.331 e. The number of carbonyl (C=O) groups excluding carboxylic acids is 1. The molecule has 3 atom stereocenters. The first-order chi connectivity index (χ1) is 15.1. The Balaban J connectivity index is 1.39. The average Bonchev–Trinajstić information content (AvgIpc) is 3.48. The molecule has 8 heteroatoms. The van der Waals surface area contributed by atoms with E-state index in [0.717, 1.165) is 50.1 Å². The van der Waals surface area contributed by atoms with Gasteiger partial charge in [-0.3, -0.25) is 14.8 Å². The van der Waals surface area contributed by atoms with Gasteiger partial charge in [-0.15, -0.1) is 0 Å². The van der Waals surface area contributed by atoms with Crippen LogP contribution >= 0.6 is 0 Å². The first-order valence-corrected chi connectivity index (χ1v) is 10.9. The number of amides is 1. The second-order valence-electron chi connectivity index (χ2n) is 8.51. The molecule has 160 valence electrons. The summed E-state index contributed by atoms with van der Waals surface area (Å²) in [4.78, 5) is 31.0. The molecule has 4 heterocycles. The highest BCUT2D eigenvalue weighted by Crippen LogP contribution is 2.45. The molecule has 2 fully saturated rings. The summed E-state index contributed by atoms with van der Waals surface area (Å²) in [5, 5.41) is 7.21. The molecule has 0 aliphatic carbocycles. The molecular formula is C23H27N7O. The molecule has 1 N–H and O–H groups in total. The average molecular weight is 418 g/mol. The topological polar surface area (TPSA) is 90.9 Å². The molecule has 2 aliphatic heterocycles. The van der Waals surface area contributed by atoms with Crippen LogP contribution in [0, 0.1) is 18.8 Å². The molecule has 3 aromatic rings. The van der Waals surface area contributed by atoms with Crippen LogP contribution in [0.4, 0.5) is 0 Å². The van der Waals surface area contributed by atoms with Crippen molar-refractivity contribution in [3.63, 3.8) is 0 Å². The summed E-state index contributed by atoms with van der Waals surface area (Å²) in [6.45, 7) is 7.27. The van der Waals surface area contributed by atoms with E-state index < -0.39 is 0 Å². The van der Waals surface area contributed by atoms with Crippen LogP contribution in [0.3, 0.4) is 0 Å². The maximum Gasteiger partial charge on any atom is 0.257 e. The van der Waals surface area contributed by atoms with Crippen LogP contribution in [0.25, 0.3) is 0 Å². The predicted molar refractivity (Wildman–Crippen MR) is 115 cm³/mol. The minimum Gasteiger partial charge on any atom is -0.331 e. The molecule has 5 rings (SSSR count). The second-order valence-corrected chi connectivity index (χ2v) is 8.51. The lowest BCUT2D eigenvalue weighted by Gasteiger charge is -2.29. The van der Waals surface area contributed by atoms with Crippen molar-refractivity contribution in [1.29, 1.82) is 0 Å². The Bertz CT molecular complexity index is 1050. The SMILES string of the molecule is CCc1ncc(C(=O)N2C[C@@H]3CN(Cc4n[nH]c(C)n4)C[C@@H]3[C@H]2c2ccccc2)cn1. The number of aromatic amines is 1. The van der Waals surface area contributed by atoms with Gasteiger partial charge in [-0.2, -0.15) is 5.10 Å². The molecule has 0 unspecified atom stereocenters. The lowest BCUT2D eigenvalue weighted by molar-refractivity contribution is 0.0698. The summed E-state index contributed by atoms with van der Waals surface area (Å²) in [5.41, 5.74) is 1.75. The quantitative estimate of drug-likeness (QED) is 0.686. The van der Waals surface area contributed by atoms with Gasteiger partial charge in [0.1, 0.15) is 11.6 Å². The van der Waals surface area contributed by atoms with Gasteiger partial charge in [0.2, 0.25) is 0 Å². The number of aromatic nitrogens is 5. The van der Waals surface area contributed by atoms with E-state index in [0.29, 0.717) is 17.4 Å². The maximum atomic E-state index is 13.4. The minimum absolute atomic E-state index is 0.0158. The third-order valence-corrected chi connectivity index (χ3v) is 6.42. The van der Waals surface area contributed by atoms with E-state index in [-0.39, 0.29) is 11.9 Å². The Morgan fingerprint density at radius 1 is 1.10 bits per heavy atom. The predicted octanol–water partition coefficient (Wildman–Crippen LogP) is 2.41. The molecule has 0 spiro atoms. The Morgan fingerprint density at radius 2 is 1.87 bits per heavy atom. The first-order valence-electron chi connectivity index (χ1n) is 10.9. The number of carbonyl (C=O) groups is 1. The smallest absolute Gasteiger partial charge is 0.257 e. The molecule has 0 bridgehead atoms. The van der Waals surface area contributed by atoms with Gasteiger partial charge < -0.3 is 4.90 Å². The number of hydrogen-bond donors (Lipinski definition) is 1. The first kappa shape index (κ1) is 19.8. The van der Waals surface area contributed by atoms with Crippen molar-refractivity contribution >= 4 is 5.91 Å². The summed E-state index contributed by atoms with van der Waals surface area (Å²) in [5.74, 6) is 3.24. The third kappa shape index (κ3) is 3.83. The monoisotopic (exact) mass is 417 g/mol. The van der Waals surface area contributed by atoms with Gasteiger partial charge in [0, 0.05) is 44.4 Å². The van der Waals surface area contributed by atoms with Gasteiger partial charge in [-0.25, -0.2) is 15.0 Å². The fourth-order valence-electron chi connectivity index (χ4n) is 5.03. The van der Waals surface area contributed by atoms with Gasteiger partial charge in [0.15, 0.2) is 5.82 Å². The van der Waals surface area contributed by atoms with Crippen LogP contribution < -0.4 is 0 Å². The molecule has 2 saturated heterocycles. The molecule has 8 nitrogen and oxygen atoms in total. The Labute approximate surface area is 181 Å². The van der Waals surface area contributed by atoms with Crippen molar-refractivity contribution in [2.75, 3.05) is 19.6 Å². The van der Waals surface area contributed by atoms with Crippen LogP contribution in [0.1, 0.15) is 46.4 Å². The van der Waals surface area contributed by atoms with E-state index in [9.17, 15) is 4.79 Å². The summed E-state index contributed by atoms with van der Waals surface area (Å²) < 4.78 is 0. The number of aryl methyl sites for hydroxylation is 2.